The van der Waals surface area contributed by atoms with Gasteiger partial charge < -0.3 is 14.7 Å². The number of nitrogens with zero attached hydrogens (tertiary/aromatic N) is 1. The summed E-state index contributed by atoms with van der Waals surface area (Å²) in [7, 11) is 1.93. The lowest BCUT2D eigenvalue weighted by atomic mass is 10.1. The van der Waals surface area contributed by atoms with E-state index in [9.17, 15) is 4.79 Å². The van der Waals surface area contributed by atoms with E-state index in [2.05, 4.69) is 13.8 Å². The van der Waals surface area contributed by atoms with Crippen molar-refractivity contribution in [3.8, 4) is 0 Å². The SMILES string of the molecule is CCOC(CN(C)CCC(C)C)C(=O)O. The normalized spacial score (nSPS) is 13.5. The van der Waals surface area contributed by atoms with Crippen molar-refractivity contribution in [1.82, 2.24) is 4.90 Å². The van der Waals surface area contributed by atoms with Crippen LogP contribution in [0.25, 0.3) is 0 Å². The Hall–Kier alpha value is -0.610. The van der Waals surface area contributed by atoms with E-state index in [-0.39, 0.29) is 0 Å². The van der Waals surface area contributed by atoms with Gasteiger partial charge in [0, 0.05) is 13.2 Å². The fourth-order valence-electron chi connectivity index (χ4n) is 1.26. The number of hydrogen-bond donors (Lipinski definition) is 1. The molecule has 1 atom stereocenters. The summed E-state index contributed by atoms with van der Waals surface area (Å²) in [6, 6.07) is 0. The Bertz CT molecular complexity index is 183. The highest BCUT2D eigenvalue weighted by Crippen LogP contribution is 2.02. The zero-order chi connectivity index (χ0) is 11.8. The van der Waals surface area contributed by atoms with Gasteiger partial charge in [-0.3, -0.25) is 0 Å². The molecule has 4 heteroatoms. The van der Waals surface area contributed by atoms with Crippen molar-refractivity contribution in [2.45, 2.75) is 33.3 Å². The van der Waals surface area contributed by atoms with Gasteiger partial charge in [-0.15, -0.1) is 0 Å². The topological polar surface area (TPSA) is 49.8 Å². The van der Waals surface area contributed by atoms with Gasteiger partial charge in [0.05, 0.1) is 0 Å². The summed E-state index contributed by atoms with van der Waals surface area (Å²) in [5.41, 5.74) is 0. The maximum atomic E-state index is 10.8. The largest absolute Gasteiger partial charge is 0.479 e. The second-order valence-electron chi connectivity index (χ2n) is 4.23. The molecule has 0 saturated carbocycles. The van der Waals surface area contributed by atoms with Crippen molar-refractivity contribution in [3.63, 3.8) is 0 Å². The lowest BCUT2D eigenvalue weighted by Gasteiger charge is -2.21. The first-order valence-corrected chi connectivity index (χ1v) is 5.50. The quantitative estimate of drug-likeness (QED) is 0.668. The molecule has 0 aliphatic heterocycles. The first kappa shape index (κ1) is 14.4. The van der Waals surface area contributed by atoms with E-state index in [1.165, 1.54) is 0 Å². The lowest BCUT2D eigenvalue weighted by molar-refractivity contribution is -0.151. The van der Waals surface area contributed by atoms with Crippen molar-refractivity contribution in [3.05, 3.63) is 0 Å². The number of rotatable bonds is 8. The van der Waals surface area contributed by atoms with E-state index in [1.807, 2.05) is 18.9 Å². The highest BCUT2D eigenvalue weighted by molar-refractivity contribution is 5.72. The Balaban J connectivity index is 3.88. The maximum absolute atomic E-state index is 10.8. The Morgan fingerprint density at radius 3 is 2.47 bits per heavy atom. The lowest BCUT2D eigenvalue weighted by Crippen LogP contribution is -2.37. The molecular formula is C11H23NO3. The number of likely N-dealkylation sites (N-methyl/N-ethyl adjacent to an activating group) is 1. The van der Waals surface area contributed by atoms with Gasteiger partial charge in [0.1, 0.15) is 0 Å². The molecule has 0 amide bonds. The van der Waals surface area contributed by atoms with E-state index >= 15 is 0 Å². The van der Waals surface area contributed by atoms with Gasteiger partial charge in [0.15, 0.2) is 6.10 Å². The van der Waals surface area contributed by atoms with Crippen LogP contribution in [0.5, 0.6) is 0 Å². The number of aliphatic carboxylic acids is 1. The van der Waals surface area contributed by atoms with Crippen LogP contribution in [-0.2, 0) is 9.53 Å². The Morgan fingerprint density at radius 2 is 2.07 bits per heavy atom. The fourth-order valence-corrected chi connectivity index (χ4v) is 1.26. The summed E-state index contributed by atoms with van der Waals surface area (Å²) >= 11 is 0. The van der Waals surface area contributed by atoms with Gasteiger partial charge >= 0.3 is 5.97 Å². The summed E-state index contributed by atoms with van der Waals surface area (Å²) in [5.74, 6) is -0.240. The minimum absolute atomic E-state index is 0.439. The second-order valence-corrected chi connectivity index (χ2v) is 4.23. The fraction of sp³-hybridized carbons (Fsp3) is 0.909. The van der Waals surface area contributed by atoms with Crippen molar-refractivity contribution in [1.29, 1.82) is 0 Å². The van der Waals surface area contributed by atoms with Crippen LogP contribution in [0.1, 0.15) is 27.2 Å². The van der Waals surface area contributed by atoms with Crippen LogP contribution in [0.3, 0.4) is 0 Å². The van der Waals surface area contributed by atoms with Crippen molar-refractivity contribution in [2.24, 2.45) is 5.92 Å². The molecule has 0 aliphatic carbocycles. The molecule has 0 rings (SSSR count). The molecule has 0 aliphatic rings. The average molecular weight is 217 g/mol. The van der Waals surface area contributed by atoms with Gasteiger partial charge in [-0.2, -0.15) is 0 Å². The summed E-state index contributed by atoms with van der Waals surface area (Å²) in [4.78, 5) is 12.8. The molecule has 0 fully saturated rings. The molecule has 4 nitrogen and oxygen atoms in total. The molecule has 0 aromatic carbocycles. The smallest absolute Gasteiger partial charge is 0.334 e. The summed E-state index contributed by atoms with van der Waals surface area (Å²) in [6.07, 6.45) is 0.377. The van der Waals surface area contributed by atoms with E-state index in [4.69, 9.17) is 9.84 Å². The molecule has 1 N–H and O–H groups in total. The zero-order valence-corrected chi connectivity index (χ0v) is 10.2. The van der Waals surface area contributed by atoms with Crippen LogP contribution in [-0.4, -0.2) is 48.8 Å². The van der Waals surface area contributed by atoms with Crippen LogP contribution in [0.4, 0.5) is 0 Å². The van der Waals surface area contributed by atoms with Crippen LogP contribution >= 0.6 is 0 Å². The van der Waals surface area contributed by atoms with Crippen LogP contribution < -0.4 is 0 Å². The average Bonchev–Trinajstić information content (AvgIpc) is 2.14. The first-order chi connectivity index (χ1) is 6.97. The molecule has 15 heavy (non-hydrogen) atoms. The molecule has 1 unspecified atom stereocenters. The minimum Gasteiger partial charge on any atom is -0.479 e. The molecule has 0 radical (unpaired) electrons. The van der Waals surface area contributed by atoms with Crippen molar-refractivity contribution < 1.29 is 14.6 Å². The van der Waals surface area contributed by atoms with E-state index in [0.717, 1.165) is 13.0 Å². The molecule has 0 heterocycles. The molecule has 0 aromatic rings. The van der Waals surface area contributed by atoms with E-state index in [1.54, 1.807) is 0 Å². The van der Waals surface area contributed by atoms with E-state index in [0.29, 0.717) is 19.1 Å². The molecule has 0 spiro atoms. The molecule has 0 aromatic heterocycles. The zero-order valence-electron chi connectivity index (χ0n) is 10.2. The van der Waals surface area contributed by atoms with Gasteiger partial charge in [0.25, 0.3) is 0 Å². The summed E-state index contributed by atoms with van der Waals surface area (Å²) in [6.45, 7) is 7.93. The standard InChI is InChI=1S/C11H23NO3/c1-5-15-10(11(13)14)8-12(4)7-6-9(2)3/h9-10H,5-8H2,1-4H3,(H,13,14). The van der Waals surface area contributed by atoms with Gasteiger partial charge in [0.2, 0.25) is 0 Å². The first-order valence-electron chi connectivity index (χ1n) is 5.50. The van der Waals surface area contributed by atoms with Gasteiger partial charge in [-0.05, 0) is 32.9 Å². The molecule has 0 bridgehead atoms. The number of carboxylic acid groups (broad SMARTS) is 1. The predicted molar refractivity (Wildman–Crippen MR) is 60.0 cm³/mol. The van der Waals surface area contributed by atoms with Gasteiger partial charge in [-0.25, -0.2) is 4.79 Å². The third kappa shape index (κ3) is 7.33. The number of hydrogen-bond acceptors (Lipinski definition) is 3. The third-order valence-electron chi connectivity index (χ3n) is 2.21. The number of carbonyl (C=O) groups is 1. The summed E-state index contributed by atoms with van der Waals surface area (Å²) in [5, 5.41) is 8.88. The second kappa shape index (κ2) is 7.65. The Kier molecular flexibility index (Phi) is 7.34. The van der Waals surface area contributed by atoms with Crippen LogP contribution in [0.2, 0.25) is 0 Å². The monoisotopic (exact) mass is 217 g/mol. The minimum atomic E-state index is -0.881. The van der Waals surface area contributed by atoms with Crippen molar-refractivity contribution >= 4 is 5.97 Å². The number of carboxylic acids is 1. The third-order valence-corrected chi connectivity index (χ3v) is 2.21. The van der Waals surface area contributed by atoms with Gasteiger partial charge in [-0.1, -0.05) is 13.8 Å². The highest BCUT2D eigenvalue weighted by Gasteiger charge is 2.19. The maximum Gasteiger partial charge on any atom is 0.334 e. The molecular weight excluding hydrogens is 194 g/mol. The molecule has 90 valence electrons. The summed E-state index contributed by atoms with van der Waals surface area (Å²) < 4.78 is 5.14. The Labute approximate surface area is 92.2 Å². The number of ether oxygens (including phenoxy) is 1. The molecule has 0 saturated heterocycles. The predicted octanol–water partition coefficient (Wildman–Crippen LogP) is 1.45. The highest BCUT2D eigenvalue weighted by atomic mass is 16.5. The van der Waals surface area contributed by atoms with Crippen LogP contribution in [0.15, 0.2) is 0 Å². The Morgan fingerprint density at radius 1 is 1.47 bits per heavy atom. The van der Waals surface area contributed by atoms with Crippen LogP contribution in [0, 0.1) is 5.92 Å². The van der Waals surface area contributed by atoms with Crippen molar-refractivity contribution in [2.75, 3.05) is 26.7 Å². The van der Waals surface area contributed by atoms with E-state index < -0.39 is 12.1 Å².